The maximum atomic E-state index is 13.0. The molecule has 5 heteroatoms. The SMILES string of the molecule is NC1CCN(Cc2ccc(Cl)c(C(=O)NCC34CC5CC(CC(C5)C3)C4)c2)CC1. The average Bonchev–Trinajstić information content (AvgIpc) is 2.68. The number of hydrogen-bond donors (Lipinski definition) is 2. The van der Waals surface area contributed by atoms with E-state index >= 15 is 0 Å². The third-order valence-electron chi connectivity index (χ3n) is 8.10. The summed E-state index contributed by atoms with van der Waals surface area (Å²) in [5.41, 5.74) is 8.15. The number of likely N-dealkylation sites (tertiary alicyclic amines) is 1. The second-order valence-corrected chi connectivity index (χ2v) is 10.9. The van der Waals surface area contributed by atoms with Gasteiger partial charge in [-0.15, -0.1) is 0 Å². The third-order valence-corrected chi connectivity index (χ3v) is 8.43. The minimum absolute atomic E-state index is 0.00624. The van der Waals surface area contributed by atoms with Crippen LogP contribution < -0.4 is 11.1 Å². The molecule has 5 aliphatic rings. The van der Waals surface area contributed by atoms with Crippen LogP contribution in [0.2, 0.25) is 5.02 Å². The van der Waals surface area contributed by atoms with Crippen LogP contribution in [-0.4, -0.2) is 36.5 Å². The fourth-order valence-corrected chi connectivity index (χ4v) is 7.29. The Morgan fingerprint density at radius 1 is 1.10 bits per heavy atom. The van der Waals surface area contributed by atoms with Crippen LogP contribution in [-0.2, 0) is 6.54 Å². The van der Waals surface area contributed by atoms with Crippen LogP contribution in [0.25, 0.3) is 0 Å². The summed E-state index contributed by atoms with van der Waals surface area (Å²) < 4.78 is 0. The predicted octanol–water partition coefficient (Wildman–Crippen LogP) is 4.21. The van der Waals surface area contributed by atoms with Crippen molar-refractivity contribution in [3.63, 3.8) is 0 Å². The number of carbonyl (C=O) groups is 1. The Hall–Kier alpha value is -1.10. The van der Waals surface area contributed by atoms with Crippen LogP contribution in [0.15, 0.2) is 18.2 Å². The van der Waals surface area contributed by atoms with E-state index in [0.29, 0.717) is 22.0 Å². The molecule has 4 nitrogen and oxygen atoms in total. The van der Waals surface area contributed by atoms with Crippen molar-refractivity contribution in [3.05, 3.63) is 34.3 Å². The fraction of sp³-hybridized carbons (Fsp3) is 0.708. The second-order valence-electron chi connectivity index (χ2n) is 10.5. The van der Waals surface area contributed by atoms with Gasteiger partial charge in [0.1, 0.15) is 0 Å². The van der Waals surface area contributed by atoms with Crippen LogP contribution >= 0.6 is 11.6 Å². The van der Waals surface area contributed by atoms with Crippen LogP contribution in [0.5, 0.6) is 0 Å². The monoisotopic (exact) mass is 415 g/mol. The average molecular weight is 416 g/mol. The van der Waals surface area contributed by atoms with Crippen molar-refractivity contribution in [1.82, 2.24) is 10.2 Å². The number of benzene rings is 1. The standard InChI is InChI=1S/C24H34ClN3O/c25-22-2-1-16(14-28-5-3-20(26)4-6-28)10-21(22)23(29)27-15-24-11-17-7-18(12-24)9-19(8-17)13-24/h1-2,10,17-20H,3-9,11-15,26H2,(H,27,29). The van der Waals surface area contributed by atoms with E-state index in [2.05, 4.69) is 10.2 Å². The largest absolute Gasteiger partial charge is 0.351 e. The summed E-state index contributed by atoms with van der Waals surface area (Å²) in [4.78, 5) is 15.4. The topological polar surface area (TPSA) is 58.4 Å². The zero-order chi connectivity index (χ0) is 20.0. The Bertz CT molecular complexity index is 736. The van der Waals surface area contributed by atoms with E-state index in [1.54, 1.807) is 0 Å². The maximum Gasteiger partial charge on any atom is 0.252 e. The van der Waals surface area contributed by atoms with Gasteiger partial charge in [-0.1, -0.05) is 17.7 Å². The number of piperidine rings is 1. The lowest BCUT2D eigenvalue weighted by molar-refractivity contribution is -0.0503. The molecule has 1 aliphatic heterocycles. The zero-order valence-electron chi connectivity index (χ0n) is 17.3. The lowest BCUT2D eigenvalue weighted by Crippen LogP contribution is -2.51. The van der Waals surface area contributed by atoms with Crippen molar-refractivity contribution in [2.24, 2.45) is 28.9 Å². The number of nitrogens with two attached hydrogens (primary N) is 1. The molecule has 3 N–H and O–H groups in total. The summed E-state index contributed by atoms with van der Waals surface area (Å²) in [5.74, 6) is 2.71. The van der Waals surface area contributed by atoms with Crippen LogP contribution in [0.4, 0.5) is 0 Å². The highest BCUT2D eigenvalue weighted by Crippen LogP contribution is 2.59. The van der Waals surface area contributed by atoms with E-state index in [-0.39, 0.29) is 5.91 Å². The van der Waals surface area contributed by atoms with Crippen molar-refractivity contribution in [3.8, 4) is 0 Å². The van der Waals surface area contributed by atoms with Gasteiger partial charge in [0, 0.05) is 19.1 Å². The highest BCUT2D eigenvalue weighted by molar-refractivity contribution is 6.33. The van der Waals surface area contributed by atoms with Crippen molar-refractivity contribution in [2.45, 2.75) is 64.0 Å². The number of carbonyl (C=O) groups excluding carboxylic acids is 1. The van der Waals surface area contributed by atoms with E-state index in [0.717, 1.165) is 62.3 Å². The highest BCUT2D eigenvalue weighted by atomic mass is 35.5. The fourth-order valence-electron chi connectivity index (χ4n) is 7.08. The van der Waals surface area contributed by atoms with Gasteiger partial charge in [-0.2, -0.15) is 0 Å². The van der Waals surface area contributed by atoms with E-state index in [1.807, 2.05) is 18.2 Å². The molecule has 1 amide bonds. The van der Waals surface area contributed by atoms with Crippen molar-refractivity contribution in [1.29, 1.82) is 0 Å². The van der Waals surface area contributed by atoms with E-state index in [1.165, 1.54) is 38.5 Å². The molecule has 0 spiro atoms. The normalized spacial score (nSPS) is 34.5. The molecule has 4 bridgehead atoms. The molecule has 1 saturated heterocycles. The number of halogens is 1. The minimum Gasteiger partial charge on any atom is -0.351 e. The van der Waals surface area contributed by atoms with Crippen molar-refractivity contribution >= 4 is 17.5 Å². The second kappa shape index (κ2) is 7.86. The highest BCUT2D eigenvalue weighted by Gasteiger charge is 2.50. The van der Waals surface area contributed by atoms with Gasteiger partial charge in [-0.3, -0.25) is 9.69 Å². The molecular formula is C24H34ClN3O. The van der Waals surface area contributed by atoms with Crippen molar-refractivity contribution in [2.75, 3.05) is 19.6 Å². The summed E-state index contributed by atoms with van der Waals surface area (Å²) >= 11 is 6.42. The van der Waals surface area contributed by atoms with Crippen LogP contribution in [0.1, 0.15) is 67.3 Å². The van der Waals surface area contributed by atoms with E-state index in [4.69, 9.17) is 17.3 Å². The number of nitrogens with zero attached hydrogens (tertiary/aromatic N) is 1. The predicted molar refractivity (Wildman–Crippen MR) is 117 cm³/mol. The van der Waals surface area contributed by atoms with Gasteiger partial charge in [0.05, 0.1) is 10.6 Å². The molecule has 1 aromatic rings. The van der Waals surface area contributed by atoms with Gasteiger partial charge in [0.15, 0.2) is 0 Å². The van der Waals surface area contributed by atoms with Gasteiger partial charge in [0.2, 0.25) is 0 Å². The zero-order valence-corrected chi connectivity index (χ0v) is 18.1. The molecular weight excluding hydrogens is 382 g/mol. The molecule has 0 radical (unpaired) electrons. The summed E-state index contributed by atoms with van der Waals surface area (Å²) in [6, 6.07) is 6.26. The Morgan fingerprint density at radius 2 is 1.72 bits per heavy atom. The van der Waals surface area contributed by atoms with Gasteiger partial charge in [-0.25, -0.2) is 0 Å². The van der Waals surface area contributed by atoms with E-state index < -0.39 is 0 Å². The van der Waals surface area contributed by atoms with E-state index in [9.17, 15) is 4.79 Å². The first kappa shape index (κ1) is 19.8. The summed E-state index contributed by atoms with van der Waals surface area (Å²) in [6.45, 7) is 3.73. The molecule has 1 heterocycles. The smallest absolute Gasteiger partial charge is 0.252 e. The number of hydrogen-bond acceptors (Lipinski definition) is 3. The summed E-state index contributed by atoms with van der Waals surface area (Å²) in [6.07, 6.45) is 10.3. The molecule has 29 heavy (non-hydrogen) atoms. The molecule has 4 saturated carbocycles. The first-order valence-electron chi connectivity index (χ1n) is 11.5. The maximum absolute atomic E-state index is 13.0. The minimum atomic E-state index is -0.00624. The Labute approximate surface area is 179 Å². The first-order chi connectivity index (χ1) is 14.0. The molecule has 5 fully saturated rings. The molecule has 0 unspecified atom stereocenters. The lowest BCUT2D eigenvalue weighted by atomic mass is 9.49. The number of nitrogens with one attached hydrogen (secondary N) is 1. The van der Waals surface area contributed by atoms with Crippen molar-refractivity contribution < 1.29 is 4.79 Å². The lowest BCUT2D eigenvalue weighted by Gasteiger charge is -2.56. The third kappa shape index (κ3) is 4.22. The number of rotatable bonds is 5. The van der Waals surface area contributed by atoms with Crippen LogP contribution in [0, 0.1) is 23.2 Å². The molecule has 158 valence electrons. The van der Waals surface area contributed by atoms with Gasteiger partial charge in [-0.05, 0) is 105 Å². The Balaban J connectivity index is 1.23. The molecule has 4 aliphatic carbocycles. The van der Waals surface area contributed by atoms with Crippen LogP contribution in [0.3, 0.4) is 0 Å². The quantitative estimate of drug-likeness (QED) is 0.757. The Kier molecular flexibility index (Phi) is 5.38. The molecule has 0 atom stereocenters. The molecule has 0 aromatic heterocycles. The number of amides is 1. The summed E-state index contributed by atoms with van der Waals surface area (Å²) in [5, 5.41) is 3.83. The van der Waals surface area contributed by atoms with Gasteiger partial charge < -0.3 is 11.1 Å². The Morgan fingerprint density at radius 3 is 2.34 bits per heavy atom. The summed E-state index contributed by atoms with van der Waals surface area (Å²) in [7, 11) is 0. The molecule has 1 aromatic carbocycles. The van der Waals surface area contributed by atoms with Gasteiger partial charge in [0.25, 0.3) is 5.91 Å². The molecule has 6 rings (SSSR count). The van der Waals surface area contributed by atoms with Gasteiger partial charge >= 0.3 is 0 Å². The first-order valence-corrected chi connectivity index (χ1v) is 11.9.